The highest BCUT2D eigenvalue weighted by molar-refractivity contribution is 5.81. The molecule has 0 spiro atoms. The van der Waals surface area contributed by atoms with Gasteiger partial charge in [-0.25, -0.2) is 0 Å². The molecule has 0 amide bonds. The topological polar surface area (TPSA) is 69.0 Å². The molecular formula is C12H22N4O2. The van der Waals surface area contributed by atoms with Crippen molar-refractivity contribution < 1.29 is 9.53 Å². The van der Waals surface area contributed by atoms with Crippen molar-refractivity contribution in [1.29, 1.82) is 0 Å². The van der Waals surface area contributed by atoms with Gasteiger partial charge in [-0.3, -0.25) is 9.36 Å². The van der Waals surface area contributed by atoms with Crippen LogP contribution in [0.3, 0.4) is 0 Å². The molecule has 0 bridgehead atoms. The molecule has 6 heteroatoms. The minimum Gasteiger partial charge on any atom is -0.465 e. The normalized spacial score (nSPS) is 11.4. The average Bonchev–Trinajstić information content (AvgIpc) is 2.73. The predicted octanol–water partition coefficient (Wildman–Crippen LogP) is 1.57. The number of hydrogen-bond acceptors (Lipinski definition) is 5. The third-order valence-electron chi connectivity index (χ3n) is 2.75. The fourth-order valence-corrected chi connectivity index (χ4v) is 1.76. The minimum atomic E-state index is -0.799. The van der Waals surface area contributed by atoms with Gasteiger partial charge in [-0.2, -0.15) is 0 Å². The Morgan fingerprint density at radius 3 is 2.50 bits per heavy atom. The number of aromatic nitrogens is 3. The summed E-state index contributed by atoms with van der Waals surface area (Å²) in [6.07, 6.45) is 0. The molecular weight excluding hydrogens is 232 g/mol. The summed E-state index contributed by atoms with van der Waals surface area (Å²) in [4.78, 5) is 12.0. The number of esters is 1. The number of anilines is 1. The number of nitrogens with one attached hydrogen (secondary N) is 1. The number of carbonyl (C=O) groups excluding carboxylic acids is 1. The monoisotopic (exact) mass is 254 g/mol. The zero-order valence-corrected chi connectivity index (χ0v) is 11.8. The van der Waals surface area contributed by atoms with Crippen LogP contribution in [-0.2, 0) is 21.5 Å². The summed E-state index contributed by atoms with van der Waals surface area (Å²) in [6, 6.07) is 0. The molecule has 1 aromatic rings. The molecule has 0 radical (unpaired) electrons. The molecule has 0 atom stereocenters. The van der Waals surface area contributed by atoms with E-state index in [-0.39, 0.29) is 5.97 Å². The van der Waals surface area contributed by atoms with Gasteiger partial charge in [0, 0.05) is 13.1 Å². The van der Waals surface area contributed by atoms with Crippen LogP contribution in [0.2, 0.25) is 0 Å². The van der Waals surface area contributed by atoms with Gasteiger partial charge in [0.05, 0.1) is 6.61 Å². The maximum absolute atomic E-state index is 12.0. The fourth-order valence-electron chi connectivity index (χ4n) is 1.76. The summed E-state index contributed by atoms with van der Waals surface area (Å²) in [6.45, 7) is 11.2. The highest BCUT2D eigenvalue weighted by Crippen LogP contribution is 2.25. The first-order valence-electron chi connectivity index (χ1n) is 6.33. The van der Waals surface area contributed by atoms with Crippen LogP contribution in [-0.4, -0.2) is 33.9 Å². The Morgan fingerprint density at radius 1 is 1.33 bits per heavy atom. The Kier molecular flexibility index (Phi) is 4.69. The third kappa shape index (κ3) is 2.63. The van der Waals surface area contributed by atoms with Gasteiger partial charge in [-0.05, 0) is 34.6 Å². The van der Waals surface area contributed by atoms with E-state index in [9.17, 15) is 4.79 Å². The maximum Gasteiger partial charge on any atom is 0.319 e. The Balaban J connectivity index is 3.11. The summed E-state index contributed by atoms with van der Waals surface area (Å²) >= 11 is 0. The molecule has 1 N–H and O–H groups in total. The number of rotatable bonds is 6. The lowest BCUT2D eigenvalue weighted by Crippen LogP contribution is -2.34. The van der Waals surface area contributed by atoms with E-state index in [4.69, 9.17) is 4.74 Å². The summed E-state index contributed by atoms with van der Waals surface area (Å²) in [5.41, 5.74) is -0.799. The lowest BCUT2D eigenvalue weighted by Gasteiger charge is -2.22. The molecule has 0 aliphatic heterocycles. The molecule has 0 aromatic carbocycles. The van der Waals surface area contributed by atoms with Gasteiger partial charge in [-0.15, -0.1) is 10.2 Å². The van der Waals surface area contributed by atoms with Crippen molar-refractivity contribution in [3.63, 3.8) is 0 Å². The van der Waals surface area contributed by atoms with Gasteiger partial charge in [0.2, 0.25) is 5.95 Å². The number of ether oxygens (including phenoxy) is 1. The van der Waals surface area contributed by atoms with E-state index in [1.165, 1.54) is 0 Å². The van der Waals surface area contributed by atoms with E-state index in [1.807, 2.05) is 18.4 Å². The van der Waals surface area contributed by atoms with E-state index in [1.54, 1.807) is 20.8 Å². The lowest BCUT2D eigenvalue weighted by molar-refractivity contribution is -0.149. The molecule has 0 aliphatic rings. The van der Waals surface area contributed by atoms with E-state index >= 15 is 0 Å². The predicted molar refractivity (Wildman–Crippen MR) is 69.5 cm³/mol. The van der Waals surface area contributed by atoms with Crippen LogP contribution >= 0.6 is 0 Å². The standard InChI is InChI=1S/C12H22N4O2/c1-6-13-11-15-14-9(16(11)7-2)12(4,5)10(17)18-8-3/h6-8H2,1-5H3,(H,13,15). The fraction of sp³-hybridized carbons (Fsp3) is 0.750. The lowest BCUT2D eigenvalue weighted by atomic mass is 9.92. The summed E-state index contributed by atoms with van der Waals surface area (Å²) in [7, 11) is 0. The highest BCUT2D eigenvalue weighted by Gasteiger charge is 2.37. The summed E-state index contributed by atoms with van der Waals surface area (Å²) in [5, 5.41) is 11.3. The van der Waals surface area contributed by atoms with Gasteiger partial charge in [-0.1, -0.05) is 0 Å². The van der Waals surface area contributed by atoms with Crippen LogP contribution < -0.4 is 5.32 Å². The first-order chi connectivity index (χ1) is 8.48. The van der Waals surface area contributed by atoms with Gasteiger partial charge in [0.25, 0.3) is 0 Å². The second kappa shape index (κ2) is 5.84. The van der Waals surface area contributed by atoms with Crippen molar-refractivity contribution in [2.45, 2.75) is 46.6 Å². The molecule has 0 saturated carbocycles. The van der Waals surface area contributed by atoms with Crippen LogP contribution in [0.5, 0.6) is 0 Å². The Morgan fingerprint density at radius 2 is 2.00 bits per heavy atom. The van der Waals surface area contributed by atoms with Gasteiger partial charge in [0.1, 0.15) is 5.41 Å². The molecule has 102 valence electrons. The quantitative estimate of drug-likeness (QED) is 0.780. The van der Waals surface area contributed by atoms with Crippen molar-refractivity contribution in [3.8, 4) is 0 Å². The molecule has 0 unspecified atom stereocenters. The van der Waals surface area contributed by atoms with Crippen LogP contribution in [0.15, 0.2) is 0 Å². The molecule has 1 aromatic heterocycles. The zero-order chi connectivity index (χ0) is 13.8. The molecule has 1 rings (SSSR count). The largest absolute Gasteiger partial charge is 0.465 e. The van der Waals surface area contributed by atoms with E-state index < -0.39 is 5.41 Å². The summed E-state index contributed by atoms with van der Waals surface area (Å²) in [5.74, 6) is 1.03. The van der Waals surface area contributed by atoms with Crippen molar-refractivity contribution in [1.82, 2.24) is 14.8 Å². The molecule has 18 heavy (non-hydrogen) atoms. The van der Waals surface area contributed by atoms with Crippen molar-refractivity contribution in [3.05, 3.63) is 5.82 Å². The Hall–Kier alpha value is -1.59. The first kappa shape index (κ1) is 14.5. The Bertz CT molecular complexity index is 412. The van der Waals surface area contributed by atoms with Crippen LogP contribution in [0.25, 0.3) is 0 Å². The number of nitrogens with zero attached hydrogens (tertiary/aromatic N) is 3. The van der Waals surface area contributed by atoms with Crippen LogP contribution in [0, 0.1) is 0 Å². The molecule has 0 aliphatic carbocycles. The first-order valence-corrected chi connectivity index (χ1v) is 6.33. The highest BCUT2D eigenvalue weighted by atomic mass is 16.5. The molecule has 6 nitrogen and oxygen atoms in total. The smallest absolute Gasteiger partial charge is 0.319 e. The number of hydrogen-bond donors (Lipinski definition) is 1. The maximum atomic E-state index is 12.0. The van der Waals surface area contributed by atoms with Crippen LogP contribution in [0.1, 0.15) is 40.4 Å². The van der Waals surface area contributed by atoms with Gasteiger partial charge < -0.3 is 10.1 Å². The number of carbonyl (C=O) groups is 1. The second-order valence-corrected chi connectivity index (χ2v) is 4.47. The zero-order valence-electron chi connectivity index (χ0n) is 11.8. The third-order valence-corrected chi connectivity index (χ3v) is 2.75. The van der Waals surface area contributed by atoms with Crippen molar-refractivity contribution >= 4 is 11.9 Å². The Labute approximate surface area is 108 Å². The molecule has 0 fully saturated rings. The van der Waals surface area contributed by atoms with E-state index in [0.717, 1.165) is 6.54 Å². The van der Waals surface area contributed by atoms with Gasteiger partial charge >= 0.3 is 5.97 Å². The second-order valence-electron chi connectivity index (χ2n) is 4.47. The van der Waals surface area contributed by atoms with Crippen molar-refractivity contribution in [2.24, 2.45) is 0 Å². The van der Waals surface area contributed by atoms with E-state index in [0.29, 0.717) is 24.9 Å². The summed E-state index contributed by atoms with van der Waals surface area (Å²) < 4.78 is 6.99. The van der Waals surface area contributed by atoms with Crippen molar-refractivity contribution in [2.75, 3.05) is 18.5 Å². The molecule has 0 saturated heterocycles. The van der Waals surface area contributed by atoms with Crippen LogP contribution in [0.4, 0.5) is 5.95 Å². The average molecular weight is 254 g/mol. The minimum absolute atomic E-state index is 0.282. The van der Waals surface area contributed by atoms with Gasteiger partial charge in [0.15, 0.2) is 5.82 Å². The molecule has 1 heterocycles. The van der Waals surface area contributed by atoms with E-state index in [2.05, 4.69) is 15.5 Å². The SMILES string of the molecule is CCNc1nnc(C(C)(C)C(=O)OCC)n1CC.